The molecule has 5 atom stereocenters. The van der Waals surface area contributed by atoms with Crippen molar-refractivity contribution in [3.8, 4) is 0 Å². The zero-order chi connectivity index (χ0) is 15.0. The van der Waals surface area contributed by atoms with E-state index in [9.17, 15) is 24.9 Å². The van der Waals surface area contributed by atoms with E-state index in [1.165, 1.54) is 0 Å². The van der Waals surface area contributed by atoms with Gasteiger partial charge in [0.1, 0.15) is 30.1 Å². The number of hydrogen-bond acceptors (Lipinski definition) is 8. The Morgan fingerprint density at radius 1 is 1.25 bits per heavy atom. The summed E-state index contributed by atoms with van der Waals surface area (Å²) in [6.07, 6.45) is -6.44. The minimum Gasteiger partial charge on any atom is -0.394 e. The number of nitrogens with two attached hydrogens (primary N) is 1. The first-order valence-electron chi connectivity index (χ1n) is 5.78. The molecule has 0 saturated carbocycles. The number of aromatic amines is 1. The van der Waals surface area contributed by atoms with Crippen LogP contribution in [0.15, 0.2) is 15.8 Å². The van der Waals surface area contributed by atoms with Gasteiger partial charge in [0.25, 0.3) is 5.56 Å². The number of aliphatic hydroxyl groups excluding tert-OH is 4. The second-order valence-electron chi connectivity index (χ2n) is 4.47. The molecule has 1 fully saturated rings. The number of anilines is 1. The Balaban J connectivity index is 2.44. The van der Waals surface area contributed by atoms with Gasteiger partial charge in [-0.25, -0.2) is 4.79 Å². The molecule has 5 unspecified atom stereocenters. The standard InChI is InChI=1S/C10H15N3O7/c11-3-1-13(10(19)12-8(3)18)9-7(17)6(16)5(15)4(2-14)20-9/h1,4-7,9,14-17H,2,11H2,(H,12,18,19). The molecule has 0 bridgehead atoms. The number of rotatable bonds is 2. The Hall–Kier alpha value is -1.72. The molecule has 1 aromatic rings. The first-order valence-corrected chi connectivity index (χ1v) is 5.78. The number of nitrogens with zero attached hydrogens (tertiary/aromatic N) is 1. The lowest BCUT2D eigenvalue weighted by atomic mass is 9.98. The first kappa shape index (κ1) is 14.7. The molecule has 0 amide bonds. The van der Waals surface area contributed by atoms with Gasteiger partial charge in [-0.1, -0.05) is 0 Å². The predicted molar refractivity (Wildman–Crippen MR) is 64.8 cm³/mol. The van der Waals surface area contributed by atoms with E-state index in [1.807, 2.05) is 4.98 Å². The third kappa shape index (κ3) is 2.34. The molecule has 0 aromatic carbocycles. The average Bonchev–Trinajstić information content (AvgIpc) is 2.41. The zero-order valence-corrected chi connectivity index (χ0v) is 10.2. The highest BCUT2D eigenvalue weighted by atomic mass is 16.6. The normalized spacial score (nSPS) is 34.1. The van der Waals surface area contributed by atoms with Gasteiger partial charge in [0.05, 0.1) is 6.61 Å². The largest absolute Gasteiger partial charge is 0.394 e. The van der Waals surface area contributed by atoms with Gasteiger partial charge in [0, 0.05) is 6.20 Å². The third-order valence-corrected chi connectivity index (χ3v) is 3.14. The van der Waals surface area contributed by atoms with Gasteiger partial charge in [-0.3, -0.25) is 14.3 Å². The van der Waals surface area contributed by atoms with E-state index >= 15 is 0 Å². The lowest BCUT2D eigenvalue weighted by Gasteiger charge is -2.40. The summed E-state index contributed by atoms with van der Waals surface area (Å²) >= 11 is 0. The molecule has 7 N–H and O–H groups in total. The van der Waals surface area contributed by atoms with E-state index in [2.05, 4.69) is 0 Å². The van der Waals surface area contributed by atoms with Crippen LogP contribution in [0.3, 0.4) is 0 Å². The maximum atomic E-state index is 11.7. The van der Waals surface area contributed by atoms with Crippen LogP contribution in [0, 0.1) is 0 Å². The van der Waals surface area contributed by atoms with Crippen molar-refractivity contribution in [2.24, 2.45) is 0 Å². The van der Waals surface area contributed by atoms with E-state index < -0.39 is 48.5 Å². The maximum Gasteiger partial charge on any atom is 0.330 e. The Bertz CT molecular complexity index is 595. The Labute approximate surface area is 111 Å². The average molecular weight is 289 g/mol. The third-order valence-electron chi connectivity index (χ3n) is 3.14. The highest BCUT2D eigenvalue weighted by Gasteiger charge is 2.44. The van der Waals surface area contributed by atoms with Gasteiger partial charge in [0.15, 0.2) is 6.23 Å². The molecule has 112 valence electrons. The van der Waals surface area contributed by atoms with Crippen LogP contribution in [0.1, 0.15) is 6.23 Å². The van der Waals surface area contributed by atoms with Crippen molar-refractivity contribution in [1.82, 2.24) is 9.55 Å². The van der Waals surface area contributed by atoms with Crippen LogP contribution in [0.5, 0.6) is 0 Å². The zero-order valence-electron chi connectivity index (χ0n) is 10.2. The number of aliphatic hydroxyl groups is 4. The van der Waals surface area contributed by atoms with E-state index in [0.717, 1.165) is 10.8 Å². The van der Waals surface area contributed by atoms with Crippen molar-refractivity contribution in [3.05, 3.63) is 27.0 Å². The number of nitrogen functional groups attached to an aromatic ring is 1. The highest BCUT2D eigenvalue weighted by Crippen LogP contribution is 2.27. The molecular weight excluding hydrogens is 274 g/mol. The monoisotopic (exact) mass is 289 g/mol. The Morgan fingerprint density at radius 3 is 2.50 bits per heavy atom. The van der Waals surface area contributed by atoms with Crippen LogP contribution in [0.25, 0.3) is 0 Å². The van der Waals surface area contributed by atoms with Crippen LogP contribution in [-0.4, -0.2) is 61.0 Å². The minimum atomic E-state index is -1.64. The fourth-order valence-corrected chi connectivity index (χ4v) is 2.00. The van der Waals surface area contributed by atoms with Crippen LogP contribution >= 0.6 is 0 Å². The SMILES string of the molecule is Nc1cn(C2OC(CO)C(O)C(O)C2O)c(=O)[nH]c1=O. The van der Waals surface area contributed by atoms with Gasteiger partial charge >= 0.3 is 5.69 Å². The molecule has 1 aliphatic heterocycles. The van der Waals surface area contributed by atoms with Crippen molar-refractivity contribution in [2.45, 2.75) is 30.6 Å². The van der Waals surface area contributed by atoms with Crippen LogP contribution in [-0.2, 0) is 4.74 Å². The molecule has 1 aliphatic rings. The molecule has 20 heavy (non-hydrogen) atoms. The molecule has 10 nitrogen and oxygen atoms in total. The van der Waals surface area contributed by atoms with Crippen LogP contribution in [0.4, 0.5) is 5.69 Å². The minimum absolute atomic E-state index is 0.290. The summed E-state index contributed by atoms with van der Waals surface area (Å²) in [5.74, 6) is 0. The first-order chi connectivity index (χ1) is 9.36. The van der Waals surface area contributed by atoms with Crippen molar-refractivity contribution in [2.75, 3.05) is 12.3 Å². The molecule has 0 aliphatic carbocycles. The van der Waals surface area contributed by atoms with E-state index in [1.54, 1.807) is 0 Å². The van der Waals surface area contributed by atoms with Gasteiger partial charge < -0.3 is 30.9 Å². The summed E-state index contributed by atoms with van der Waals surface area (Å²) in [6, 6.07) is 0. The summed E-state index contributed by atoms with van der Waals surface area (Å²) in [6.45, 7) is -0.630. The summed E-state index contributed by atoms with van der Waals surface area (Å²) in [7, 11) is 0. The topological polar surface area (TPSA) is 171 Å². The molecule has 10 heteroatoms. The fourth-order valence-electron chi connectivity index (χ4n) is 2.00. The Morgan fingerprint density at radius 2 is 1.90 bits per heavy atom. The van der Waals surface area contributed by atoms with Gasteiger partial charge in [-0.15, -0.1) is 0 Å². The second-order valence-corrected chi connectivity index (χ2v) is 4.47. The van der Waals surface area contributed by atoms with E-state index in [4.69, 9.17) is 15.6 Å². The molecule has 2 heterocycles. The Kier molecular flexibility index (Phi) is 3.92. The smallest absolute Gasteiger partial charge is 0.330 e. The van der Waals surface area contributed by atoms with Crippen molar-refractivity contribution in [3.63, 3.8) is 0 Å². The van der Waals surface area contributed by atoms with Gasteiger partial charge in [0.2, 0.25) is 0 Å². The lowest BCUT2D eigenvalue weighted by molar-refractivity contribution is -0.252. The molecule has 1 saturated heterocycles. The highest BCUT2D eigenvalue weighted by molar-refractivity contribution is 5.30. The summed E-state index contributed by atoms with van der Waals surface area (Å²) in [5, 5.41) is 38.2. The summed E-state index contributed by atoms with van der Waals surface area (Å²) in [5.41, 5.74) is 3.37. The number of hydrogen-bond donors (Lipinski definition) is 6. The quantitative estimate of drug-likeness (QED) is 0.320. The maximum absolute atomic E-state index is 11.7. The lowest BCUT2D eigenvalue weighted by Crippen LogP contribution is -2.57. The van der Waals surface area contributed by atoms with Crippen molar-refractivity contribution < 1.29 is 25.2 Å². The number of nitrogens with one attached hydrogen (secondary N) is 1. The van der Waals surface area contributed by atoms with Crippen LogP contribution in [0.2, 0.25) is 0 Å². The van der Waals surface area contributed by atoms with Crippen molar-refractivity contribution >= 4 is 5.69 Å². The van der Waals surface area contributed by atoms with Crippen molar-refractivity contribution in [1.29, 1.82) is 0 Å². The van der Waals surface area contributed by atoms with E-state index in [0.29, 0.717) is 0 Å². The summed E-state index contributed by atoms with van der Waals surface area (Å²) in [4.78, 5) is 24.8. The second kappa shape index (κ2) is 5.34. The predicted octanol–water partition coefficient (Wildman–Crippen LogP) is -3.91. The number of aromatic nitrogens is 2. The van der Waals surface area contributed by atoms with Gasteiger partial charge in [-0.05, 0) is 0 Å². The van der Waals surface area contributed by atoms with E-state index in [-0.39, 0.29) is 5.69 Å². The molecule has 0 spiro atoms. The molecule has 2 rings (SSSR count). The molecular formula is C10H15N3O7. The van der Waals surface area contributed by atoms with Gasteiger partial charge in [-0.2, -0.15) is 0 Å². The summed E-state index contributed by atoms with van der Waals surface area (Å²) < 4.78 is 5.94. The number of H-pyrrole nitrogens is 1. The fraction of sp³-hybridized carbons (Fsp3) is 0.600. The molecule has 1 aromatic heterocycles. The van der Waals surface area contributed by atoms with Crippen LogP contribution < -0.4 is 17.0 Å². The number of ether oxygens (including phenoxy) is 1. The molecule has 0 radical (unpaired) electrons.